The molecule has 1 aliphatic heterocycles. The van der Waals surface area contributed by atoms with Gasteiger partial charge in [0.25, 0.3) is 11.5 Å². The quantitative estimate of drug-likeness (QED) is 0.801. The number of nitrogens with zero attached hydrogens (tertiary/aromatic N) is 3. The first-order chi connectivity index (χ1) is 11.3. The van der Waals surface area contributed by atoms with E-state index < -0.39 is 22.9 Å². The number of nitrogens with one attached hydrogen (secondary N) is 1. The van der Waals surface area contributed by atoms with Gasteiger partial charge in [-0.05, 0) is 20.3 Å². The molecule has 2 atom stereocenters. The van der Waals surface area contributed by atoms with Crippen molar-refractivity contribution in [1.82, 2.24) is 19.4 Å². The summed E-state index contributed by atoms with van der Waals surface area (Å²) >= 11 is 1.33. The van der Waals surface area contributed by atoms with Crippen LogP contribution in [0.4, 0.5) is 0 Å². The Morgan fingerprint density at radius 2 is 2.25 bits per heavy atom. The first kappa shape index (κ1) is 16.6. The molecule has 1 aliphatic rings. The van der Waals surface area contributed by atoms with Gasteiger partial charge in [-0.15, -0.1) is 11.3 Å². The third kappa shape index (κ3) is 2.92. The van der Waals surface area contributed by atoms with Gasteiger partial charge >= 0.3 is 5.69 Å². The predicted octanol–water partition coefficient (Wildman–Crippen LogP) is 0.140. The maximum absolute atomic E-state index is 12.4. The van der Waals surface area contributed by atoms with Gasteiger partial charge < -0.3 is 10.0 Å². The molecule has 1 saturated heterocycles. The lowest BCUT2D eigenvalue weighted by Gasteiger charge is -2.43. The summed E-state index contributed by atoms with van der Waals surface area (Å²) in [6.07, 6.45) is 1.85. The number of β-amino-alcohol motifs (C(OH)–C–C–N with tert-alkyl or cyclic N) is 1. The molecule has 0 saturated carbocycles. The molecule has 3 heterocycles. The third-order valence-corrected chi connectivity index (χ3v) is 4.91. The number of amides is 1. The average Bonchev–Trinajstić information content (AvgIpc) is 3.04. The zero-order chi connectivity index (χ0) is 17.5. The zero-order valence-electron chi connectivity index (χ0n) is 13.4. The highest BCUT2D eigenvalue weighted by Crippen LogP contribution is 2.31. The number of hydrogen-bond acceptors (Lipinski definition) is 6. The minimum atomic E-state index is -1.31. The molecule has 0 radical (unpaired) electrons. The van der Waals surface area contributed by atoms with E-state index in [1.54, 1.807) is 24.7 Å². The molecule has 2 aromatic heterocycles. The molecule has 1 fully saturated rings. The lowest BCUT2D eigenvalue weighted by molar-refractivity contribution is -0.0505. The van der Waals surface area contributed by atoms with E-state index in [1.165, 1.54) is 27.0 Å². The van der Waals surface area contributed by atoms with Crippen molar-refractivity contribution >= 4 is 17.2 Å². The van der Waals surface area contributed by atoms with Gasteiger partial charge in [0, 0.05) is 23.7 Å². The van der Waals surface area contributed by atoms with E-state index in [4.69, 9.17) is 0 Å². The van der Waals surface area contributed by atoms with Crippen molar-refractivity contribution in [1.29, 1.82) is 0 Å². The number of thiazole rings is 1. The molecule has 0 unspecified atom stereocenters. The summed E-state index contributed by atoms with van der Waals surface area (Å²) in [5.74, 6) is -0.236. The second kappa shape index (κ2) is 5.99. The Balaban J connectivity index is 1.87. The Morgan fingerprint density at radius 3 is 2.88 bits per heavy atom. The topological polar surface area (TPSA) is 108 Å². The summed E-state index contributed by atoms with van der Waals surface area (Å²) in [6, 6.07) is -0.528. The van der Waals surface area contributed by atoms with Crippen LogP contribution in [-0.2, 0) is 0 Å². The Bertz CT molecular complexity index is 868. The fourth-order valence-electron chi connectivity index (χ4n) is 3.07. The van der Waals surface area contributed by atoms with Crippen LogP contribution in [0.25, 0.3) is 0 Å². The smallest absolute Gasteiger partial charge is 0.328 e. The molecule has 3 rings (SSSR count). The van der Waals surface area contributed by atoms with Crippen LogP contribution in [0.5, 0.6) is 0 Å². The van der Waals surface area contributed by atoms with Gasteiger partial charge in [0.1, 0.15) is 11.3 Å². The first-order valence-electron chi connectivity index (χ1n) is 7.51. The predicted molar refractivity (Wildman–Crippen MR) is 88.4 cm³/mol. The molecule has 8 nitrogen and oxygen atoms in total. The molecule has 24 heavy (non-hydrogen) atoms. The van der Waals surface area contributed by atoms with Crippen LogP contribution < -0.4 is 11.2 Å². The monoisotopic (exact) mass is 350 g/mol. The van der Waals surface area contributed by atoms with Crippen LogP contribution >= 0.6 is 11.3 Å². The van der Waals surface area contributed by atoms with Gasteiger partial charge in [0.15, 0.2) is 0 Å². The molecule has 2 aromatic rings. The molecule has 0 aliphatic carbocycles. The number of aromatic amines is 1. The standard InChI is InChI=1S/C15H18N4O4S/c1-9-5-19(14(22)17-12(9)20)11-3-4-18(7-15(11,2)23)13(21)10-6-24-8-16-10/h5-6,8,11,23H,3-4,7H2,1-2H3,(H,17,20,22)/t11-,15-/m0/s1. The summed E-state index contributed by atoms with van der Waals surface area (Å²) in [5, 5.41) is 12.5. The van der Waals surface area contributed by atoms with Crippen LogP contribution in [0.15, 0.2) is 26.7 Å². The summed E-state index contributed by atoms with van der Waals surface area (Å²) in [6.45, 7) is 3.66. The van der Waals surface area contributed by atoms with E-state index in [1.807, 2.05) is 0 Å². The fourth-order valence-corrected chi connectivity index (χ4v) is 3.60. The van der Waals surface area contributed by atoms with Crippen molar-refractivity contribution in [2.75, 3.05) is 13.1 Å². The van der Waals surface area contributed by atoms with E-state index >= 15 is 0 Å². The Hall–Kier alpha value is -2.26. The number of likely N-dealkylation sites (tertiary alicyclic amines) is 1. The van der Waals surface area contributed by atoms with Gasteiger partial charge in [-0.1, -0.05) is 0 Å². The number of hydrogen-bond donors (Lipinski definition) is 2. The van der Waals surface area contributed by atoms with E-state index in [0.717, 1.165) is 0 Å². The van der Waals surface area contributed by atoms with Gasteiger partial charge in [0.05, 0.1) is 18.1 Å². The number of aryl methyl sites for hydroxylation is 1. The number of H-pyrrole nitrogens is 1. The summed E-state index contributed by atoms with van der Waals surface area (Å²) in [5.41, 5.74) is 0.0269. The highest BCUT2D eigenvalue weighted by molar-refractivity contribution is 7.07. The van der Waals surface area contributed by atoms with Crippen LogP contribution in [0.1, 0.15) is 35.4 Å². The number of carbonyl (C=O) groups is 1. The normalized spacial score (nSPS) is 24.1. The molecule has 9 heteroatoms. The lowest BCUT2D eigenvalue weighted by atomic mass is 9.88. The van der Waals surface area contributed by atoms with Crippen molar-refractivity contribution in [3.63, 3.8) is 0 Å². The van der Waals surface area contributed by atoms with Gasteiger partial charge in [0.2, 0.25) is 0 Å². The molecule has 0 aromatic carbocycles. The maximum atomic E-state index is 12.4. The molecule has 0 bridgehead atoms. The largest absolute Gasteiger partial charge is 0.386 e. The highest BCUT2D eigenvalue weighted by Gasteiger charge is 2.41. The second-order valence-electron chi connectivity index (χ2n) is 6.24. The highest BCUT2D eigenvalue weighted by atomic mass is 32.1. The molecule has 128 valence electrons. The van der Waals surface area contributed by atoms with Crippen LogP contribution in [0.3, 0.4) is 0 Å². The Kier molecular flexibility index (Phi) is 4.14. The van der Waals surface area contributed by atoms with Crippen LogP contribution in [0, 0.1) is 6.92 Å². The SMILES string of the molecule is Cc1cn([C@H]2CCN(C(=O)c3cscn3)C[C@]2(C)O)c(=O)[nH]c1=O. The molecular weight excluding hydrogens is 332 g/mol. The Labute approximate surface area is 141 Å². The van der Waals surface area contributed by atoms with E-state index in [2.05, 4.69) is 9.97 Å². The van der Waals surface area contributed by atoms with E-state index in [0.29, 0.717) is 24.2 Å². The van der Waals surface area contributed by atoms with Crippen molar-refractivity contribution in [2.24, 2.45) is 0 Å². The van der Waals surface area contributed by atoms with Crippen molar-refractivity contribution in [3.05, 3.63) is 49.2 Å². The minimum absolute atomic E-state index is 0.0820. The molecular formula is C15H18N4O4S. The second-order valence-corrected chi connectivity index (χ2v) is 6.96. The average molecular weight is 350 g/mol. The van der Waals surface area contributed by atoms with Gasteiger partial charge in [-0.25, -0.2) is 9.78 Å². The van der Waals surface area contributed by atoms with Crippen LogP contribution in [0.2, 0.25) is 0 Å². The molecule has 0 spiro atoms. The zero-order valence-corrected chi connectivity index (χ0v) is 14.2. The van der Waals surface area contributed by atoms with Gasteiger partial charge in [-0.2, -0.15) is 0 Å². The van der Waals surface area contributed by atoms with Crippen molar-refractivity contribution in [2.45, 2.75) is 31.9 Å². The first-order valence-corrected chi connectivity index (χ1v) is 8.46. The number of aliphatic hydroxyl groups is 1. The summed E-state index contributed by atoms with van der Waals surface area (Å²) in [4.78, 5) is 43.8. The fraction of sp³-hybridized carbons (Fsp3) is 0.467. The van der Waals surface area contributed by atoms with E-state index in [9.17, 15) is 19.5 Å². The Morgan fingerprint density at radius 1 is 1.50 bits per heavy atom. The molecule has 1 amide bonds. The molecule has 2 N–H and O–H groups in total. The summed E-state index contributed by atoms with van der Waals surface area (Å²) < 4.78 is 1.35. The summed E-state index contributed by atoms with van der Waals surface area (Å²) in [7, 11) is 0. The lowest BCUT2D eigenvalue weighted by Crippen LogP contribution is -2.56. The van der Waals surface area contributed by atoms with Gasteiger partial charge in [-0.3, -0.25) is 19.1 Å². The number of piperidine rings is 1. The number of aromatic nitrogens is 3. The van der Waals surface area contributed by atoms with Crippen molar-refractivity contribution < 1.29 is 9.90 Å². The third-order valence-electron chi connectivity index (χ3n) is 4.32. The van der Waals surface area contributed by atoms with Crippen LogP contribution in [-0.4, -0.2) is 49.1 Å². The van der Waals surface area contributed by atoms with E-state index in [-0.39, 0.29) is 12.5 Å². The number of rotatable bonds is 2. The van der Waals surface area contributed by atoms with Crippen molar-refractivity contribution in [3.8, 4) is 0 Å². The number of carbonyl (C=O) groups excluding carboxylic acids is 1. The minimum Gasteiger partial charge on any atom is -0.386 e. The maximum Gasteiger partial charge on any atom is 0.328 e.